The van der Waals surface area contributed by atoms with E-state index in [0.29, 0.717) is 12.6 Å². The van der Waals surface area contributed by atoms with Gasteiger partial charge in [0.15, 0.2) is 5.16 Å². The van der Waals surface area contributed by atoms with Gasteiger partial charge in [0.2, 0.25) is 11.8 Å². The Hall–Kier alpha value is -2.10. The minimum atomic E-state index is -0.807. The fourth-order valence-corrected chi connectivity index (χ4v) is 3.24. The molecule has 0 spiro atoms. The molecule has 1 aliphatic carbocycles. The molecule has 1 aliphatic rings. The van der Waals surface area contributed by atoms with Crippen LogP contribution in [0.15, 0.2) is 5.16 Å². The molecule has 2 rings (SSSR count). The summed E-state index contributed by atoms with van der Waals surface area (Å²) in [5.74, 6) is 0.231. The Morgan fingerprint density at radius 3 is 2.64 bits per heavy atom. The van der Waals surface area contributed by atoms with Crippen molar-refractivity contribution in [2.75, 3.05) is 25.4 Å². The molecule has 1 N–H and O–H groups in total. The number of imide groups is 1. The zero-order chi connectivity index (χ0) is 18.4. The van der Waals surface area contributed by atoms with Gasteiger partial charge < -0.3 is 14.2 Å². The van der Waals surface area contributed by atoms with Gasteiger partial charge in [-0.3, -0.25) is 14.9 Å². The van der Waals surface area contributed by atoms with Crippen molar-refractivity contribution in [3.8, 4) is 0 Å². The second kappa shape index (κ2) is 8.84. The second-order valence-corrected chi connectivity index (χ2v) is 6.54. The number of aryl methyl sites for hydroxylation is 1. The lowest BCUT2D eigenvalue weighted by atomic mass is 10.4. The third-order valence-corrected chi connectivity index (χ3v) is 4.59. The number of rotatable bonds is 8. The average molecular weight is 369 g/mol. The summed E-state index contributed by atoms with van der Waals surface area (Å²) in [5, 5.41) is 11.0. The fourth-order valence-electron chi connectivity index (χ4n) is 2.29. The maximum Gasteiger partial charge on any atom is 0.413 e. The van der Waals surface area contributed by atoms with Crippen molar-refractivity contribution in [1.29, 1.82) is 0 Å². The molecule has 1 fully saturated rings. The number of thioether (sulfide) groups is 1. The van der Waals surface area contributed by atoms with Crippen LogP contribution in [0.1, 0.15) is 38.6 Å². The van der Waals surface area contributed by atoms with E-state index < -0.39 is 12.0 Å². The van der Waals surface area contributed by atoms with Gasteiger partial charge in [0.25, 0.3) is 0 Å². The zero-order valence-electron chi connectivity index (χ0n) is 14.7. The molecule has 25 heavy (non-hydrogen) atoms. The fraction of sp³-hybridized carbons (Fsp3) is 0.667. The summed E-state index contributed by atoms with van der Waals surface area (Å²) in [5.41, 5.74) is 0. The summed E-state index contributed by atoms with van der Waals surface area (Å²) in [4.78, 5) is 36.8. The van der Waals surface area contributed by atoms with E-state index in [0.717, 1.165) is 23.8 Å². The van der Waals surface area contributed by atoms with Crippen LogP contribution in [0, 0.1) is 6.92 Å². The van der Waals surface area contributed by atoms with Crippen LogP contribution < -0.4 is 5.32 Å². The predicted molar refractivity (Wildman–Crippen MR) is 91.2 cm³/mol. The van der Waals surface area contributed by atoms with Crippen LogP contribution in [0.25, 0.3) is 0 Å². The topological polar surface area (TPSA) is 106 Å². The Balaban J connectivity index is 1.85. The molecule has 0 atom stereocenters. The highest BCUT2D eigenvalue weighted by molar-refractivity contribution is 7.99. The molecule has 0 unspecified atom stereocenters. The van der Waals surface area contributed by atoms with Crippen LogP contribution in [0.4, 0.5) is 4.79 Å². The number of ether oxygens (including phenoxy) is 1. The van der Waals surface area contributed by atoms with E-state index in [1.54, 1.807) is 13.8 Å². The highest BCUT2D eigenvalue weighted by Gasteiger charge is 2.29. The number of nitrogens with zero attached hydrogens (tertiary/aromatic N) is 4. The van der Waals surface area contributed by atoms with Gasteiger partial charge in [-0.2, -0.15) is 0 Å². The third-order valence-electron chi connectivity index (χ3n) is 3.66. The molecule has 138 valence electrons. The number of likely N-dealkylation sites (N-methyl/N-ethyl adjacent to an activating group) is 1. The van der Waals surface area contributed by atoms with Gasteiger partial charge in [0.1, 0.15) is 12.4 Å². The molecule has 1 aromatic rings. The largest absolute Gasteiger partial charge is 0.450 e. The highest BCUT2D eigenvalue weighted by Crippen LogP contribution is 2.38. The van der Waals surface area contributed by atoms with Crippen LogP contribution in [0.3, 0.4) is 0 Å². The number of hydrogen-bond donors (Lipinski definition) is 1. The van der Waals surface area contributed by atoms with Crippen molar-refractivity contribution in [2.24, 2.45) is 0 Å². The van der Waals surface area contributed by atoms with Crippen LogP contribution in [0.5, 0.6) is 0 Å². The van der Waals surface area contributed by atoms with E-state index in [9.17, 15) is 14.4 Å². The number of aromatic nitrogens is 3. The first-order valence-electron chi connectivity index (χ1n) is 8.24. The van der Waals surface area contributed by atoms with Crippen molar-refractivity contribution < 1.29 is 19.1 Å². The van der Waals surface area contributed by atoms with E-state index in [1.807, 2.05) is 6.92 Å². The SMILES string of the molecule is CCOC(=O)NC(=O)CN(CC)C(=O)CSc1nnc(C)n1C1CC1. The molecular weight excluding hydrogens is 346 g/mol. The van der Waals surface area contributed by atoms with E-state index in [-0.39, 0.29) is 24.8 Å². The Morgan fingerprint density at radius 1 is 1.32 bits per heavy atom. The van der Waals surface area contributed by atoms with Crippen molar-refractivity contribution in [2.45, 2.75) is 44.8 Å². The van der Waals surface area contributed by atoms with E-state index in [4.69, 9.17) is 0 Å². The van der Waals surface area contributed by atoms with Gasteiger partial charge in [0, 0.05) is 12.6 Å². The van der Waals surface area contributed by atoms with E-state index in [2.05, 4.69) is 24.8 Å². The molecule has 1 saturated carbocycles. The minimum absolute atomic E-state index is 0.158. The quantitative estimate of drug-likeness (QED) is 0.685. The summed E-state index contributed by atoms with van der Waals surface area (Å²) >= 11 is 1.31. The summed E-state index contributed by atoms with van der Waals surface area (Å²) in [6.07, 6.45) is 1.41. The number of alkyl carbamates (subject to hydrolysis) is 1. The Bertz CT molecular complexity index is 644. The Kier molecular flexibility index (Phi) is 6.80. The zero-order valence-corrected chi connectivity index (χ0v) is 15.5. The van der Waals surface area contributed by atoms with E-state index in [1.165, 1.54) is 16.7 Å². The first-order valence-corrected chi connectivity index (χ1v) is 9.23. The molecule has 10 heteroatoms. The first-order chi connectivity index (χ1) is 12.0. The molecule has 0 bridgehead atoms. The first kappa shape index (κ1) is 19.2. The smallest absolute Gasteiger partial charge is 0.413 e. The van der Waals surface area contributed by atoms with E-state index >= 15 is 0 Å². The van der Waals surface area contributed by atoms with Gasteiger partial charge in [-0.25, -0.2) is 4.79 Å². The summed E-state index contributed by atoms with van der Waals surface area (Å²) < 4.78 is 6.70. The molecule has 0 saturated heterocycles. The molecule has 0 aromatic carbocycles. The number of nitrogens with one attached hydrogen (secondary N) is 1. The number of hydrogen-bond acceptors (Lipinski definition) is 7. The molecule has 9 nitrogen and oxygen atoms in total. The van der Waals surface area contributed by atoms with Gasteiger partial charge >= 0.3 is 6.09 Å². The van der Waals surface area contributed by atoms with Crippen LogP contribution in [-0.4, -0.2) is 63.0 Å². The molecule has 0 radical (unpaired) electrons. The molecule has 3 amide bonds. The van der Waals surface area contributed by atoms with Crippen LogP contribution >= 0.6 is 11.8 Å². The summed E-state index contributed by atoms with van der Waals surface area (Å²) in [7, 11) is 0. The van der Waals surface area contributed by atoms with Gasteiger partial charge in [-0.15, -0.1) is 10.2 Å². The van der Waals surface area contributed by atoms with Crippen molar-refractivity contribution in [3.05, 3.63) is 5.82 Å². The standard InChI is InChI=1S/C15H23N5O4S/c1-4-19(8-12(21)16-15(23)24-5-2)13(22)9-25-14-18-17-10(3)20(14)11-6-7-11/h11H,4-9H2,1-3H3,(H,16,21,23). The maximum absolute atomic E-state index is 12.3. The summed E-state index contributed by atoms with van der Waals surface area (Å²) in [6, 6.07) is 0.435. The number of carbonyl (C=O) groups excluding carboxylic acids is 3. The highest BCUT2D eigenvalue weighted by atomic mass is 32.2. The Labute approximate surface area is 150 Å². The average Bonchev–Trinajstić information content (AvgIpc) is 3.33. The lowest BCUT2D eigenvalue weighted by Gasteiger charge is -2.19. The van der Waals surface area contributed by atoms with Gasteiger partial charge in [0.05, 0.1) is 12.4 Å². The minimum Gasteiger partial charge on any atom is -0.450 e. The van der Waals surface area contributed by atoms with Crippen LogP contribution in [0.2, 0.25) is 0 Å². The third kappa shape index (κ3) is 5.45. The predicted octanol–water partition coefficient (Wildman–Crippen LogP) is 1.13. The summed E-state index contributed by atoms with van der Waals surface area (Å²) in [6.45, 7) is 5.66. The maximum atomic E-state index is 12.3. The molecule has 1 aromatic heterocycles. The Morgan fingerprint density at radius 2 is 2.04 bits per heavy atom. The van der Waals surface area contributed by atoms with Gasteiger partial charge in [-0.05, 0) is 33.6 Å². The lowest BCUT2D eigenvalue weighted by Crippen LogP contribution is -2.43. The number of carbonyl (C=O) groups is 3. The number of amides is 3. The second-order valence-electron chi connectivity index (χ2n) is 5.60. The monoisotopic (exact) mass is 369 g/mol. The molecular formula is C15H23N5O4S. The van der Waals surface area contributed by atoms with Gasteiger partial charge in [-0.1, -0.05) is 11.8 Å². The van der Waals surface area contributed by atoms with Crippen molar-refractivity contribution >= 4 is 29.7 Å². The van der Waals surface area contributed by atoms with Crippen LogP contribution in [-0.2, 0) is 14.3 Å². The normalized spacial score (nSPS) is 13.4. The molecule has 0 aliphatic heterocycles. The van der Waals surface area contributed by atoms with Crippen molar-refractivity contribution in [3.63, 3.8) is 0 Å². The molecule has 1 heterocycles. The van der Waals surface area contributed by atoms with Crippen molar-refractivity contribution in [1.82, 2.24) is 25.0 Å². The lowest BCUT2D eigenvalue weighted by molar-refractivity contribution is -0.133.